The van der Waals surface area contributed by atoms with Crippen LogP contribution in [-0.4, -0.2) is 90.9 Å². The number of carbonyl (C=O) groups excluding carboxylic acids is 1. The number of hydrogen-bond donors (Lipinski definition) is 2. The van der Waals surface area contributed by atoms with E-state index >= 15 is 0 Å². The number of rotatable bonds is 5. The van der Waals surface area contributed by atoms with E-state index in [2.05, 4.69) is 42.0 Å². The summed E-state index contributed by atoms with van der Waals surface area (Å²) in [6, 6.07) is 10.1. The molecule has 230 valence electrons. The van der Waals surface area contributed by atoms with Crippen molar-refractivity contribution in [3.05, 3.63) is 35.4 Å². The lowest BCUT2D eigenvalue weighted by molar-refractivity contribution is -0.208. The maximum Gasteiger partial charge on any atom is 0.490 e. The summed E-state index contributed by atoms with van der Waals surface area (Å²) in [4.78, 5) is 25.8. The van der Waals surface area contributed by atoms with Crippen molar-refractivity contribution in [2.24, 2.45) is 5.41 Å². The third kappa shape index (κ3) is 5.63. The summed E-state index contributed by atoms with van der Waals surface area (Å²) in [6.45, 7) is 4.14. The molecule has 4 fully saturated rings. The molecule has 4 aliphatic rings. The molecule has 4 atom stereocenters. The molecule has 0 aliphatic carbocycles. The van der Waals surface area contributed by atoms with Gasteiger partial charge in [0.1, 0.15) is 12.2 Å². The van der Waals surface area contributed by atoms with Crippen molar-refractivity contribution < 1.29 is 36.9 Å². The van der Waals surface area contributed by atoms with Gasteiger partial charge >= 0.3 is 12.1 Å². The van der Waals surface area contributed by atoms with Crippen molar-refractivity contribution in [2.75, 3.05) is 44.3 Å². The van der Waals surface area contributed by atoms with Crippen LogP contribution in [0.1, 0.15) is 25.7 Å². The number of H-pyrrole nitrogens is 1. The number of nitrogens with zero attached hydrogens (tertiary/aromatic N) is 3. The Hall–Kier alpha value is -3.13. The molecule has 4 saturated heterocycles. The maximum absolute atomic E-state index is 12.6. The van der Waals surface area contributed by atoms with E-state index < -0.39 is 36.6 Å². The second-order valence-corrected chi connectivity index (χ2v) is 12.1. The molecule has 7 rings (SSSR count). The van der Waals surface area contributed by atoms with Gasteiger partial charge in [0.15, 0.2) is 17.9 Å². The van der Waals surface area contributed by atoms with Crippen LogP contribution in [0.5, 0.6) is 6.01 Å². The SMILES string of the molecule is O=C(O[C@@H]1CO[C@H]2[C@@H]1OC[C@H]2Oc1nc2nc(-c3ccc(N4CCC5(CCNCC5)CC4)cc3)c(Cl)cc2[nH]1)C(F)(F)F. The van der Waals surface area contributed by atoms with Crippen molar-refractivity contribution in [1.82, 2.24) is 20.3 Å². The topological polar surface area (TPSA) is 111 Å². The molecule has 1 aromatic carbocycles. The van der Waals surface area contributed by atoms with E-state index in [1.807, 2.05) is 12.1 Å². The molecule has 43 heavy (non-hydrogen) atoms. The van der Waals surface area contributed by atoms with Crippen LogP contribution < -0.4 is 15.0 Å². The number of alkyl halides is 3. The summed E-state index contributed by atoms with van der Waals surface area (Å²) in [5.74, 6) is -2.28. The van der Waals surface area contributed by atoms with Crippen LogP contribution in [0.4, 0.5) is 18.9 Å². The predicted octanol–water partition coefficient (Wildman–Crippen LogP) is 4.27. The number of imidazole rings is 1. The Labute approximate surface area is 250 Å². The van der Waals surface area contributed by atoms with E-state index in [1.54, 1.807) is 6.07 Å². The Bertz CT molecular complexity index is 1490. The van der Waals surface area contributed by atoms with Crippen LogP contribution in [-0.2, 0) is 19.0 Å². The van der Waals surface area contributed by atoms with Crippen molar-refractivity contribution in [3.63, 3.8) is 0 Å². The standard InChI is InChI=1S/C29H31ClF3N5O5/c30-18-13-19-25(37-27(35-19)43-21-15-41-23-20(14-40-24(21)23)42-26(39)29(31,32)33)36-22(18)16-1-3-17(4-2-16)38-11-7-28(8-12-38)5-9-34-10-6-28/h1-4,13,20-21,23-24,34H,5-12,14-15H2,(H,35,36,37)/t20-,21-,23-,24-/m1/s1. The number of hydrogen-bond acceptors (Lipinski definition) is 9. The molecular weight excluding hydrogens is 591 g/mol. The zero-order valence-corrected chi connectivity index (χ0v) is 23.9. The number of benzene rings is 1. The summed E-state index contributed by atoms with van der Waals surface area (Å²) in [6.07, 6.45) is -3.60. The van der Waals surface area contributed by atoms with E-state index in [1.165, 1.54) is 31.4 Å². The Balaban J connectivity index is 1.01. The van der Waals surface area contributed by atoms with Gasteiger partial charge < -0.3 is 34.1 Å². The quantitative estimate of drug-likeness (QED) is 0.404. The third-order valence-electron chi connectivity index (χ3n) is 9.11. The number of nitrogens with one attached hydrogen (secondary N) is 2. The number of halogens is 4. The lowest BCUT2D eigenvalue weighted by atomic mass is 9.71. The molecule has 0 amide bonds. The third-order valence-corrected chi connectivity index (χ3v) is 9.40. The fourth-order valence-electron chi connectivity index (χ4n) is 6.66. The van der Waals surface area contributed by atoms with E-state index in [0.717, 1.165) is 31.7 Å². The minimum Gasteiger partial charge on any atom is -0.456 e. The molecule has 4 aliphatic heterocycles. The Morgan fingerprint density at radius 1 is 1.00 bits per heavy atom. The van der Waals surface area contributed by atoms with Gasteiger partial charge in [-0.3, -0.25) is 0 Å². The van der Waals surface area contributed by atoms with Gasteiger partial charge in [-0.25, -0.2) is 9.78 Å². The lowest BCUT2D eigenvalue weighted by Gasteiger charge is -2.45. The smallest absolute Gasteiger partial charge is 0.456 e. The monoisotopic (exact) mass is 621 g/mol. The van der Waals surface area contributed by atoms with Crippen molar-refractivity contribution in [3.8, 4) is 17.3 Å². The number of anilines is 1. The van der Waals surface area contributed by atoms with Crippen LogP contribution in [0.25, 0.3) is 22.4 Å². The van der Waals surface area contributed by atoms with Gasteiger partial charge in [0.25, 0.3) is 6.01 Å². The molecular formula is C29H31ClF3N5O5. The first-order valence-electron chi connectivity index (χ1n) is 14.5. The van der Waals surface area contributed by atoms with Crippen LogP contribution >= 0.6 is 11.6 Å². The van der Waals surface area contributed by atoms with Gasteiger partial charge in [0.2, 0.25) is 0 Å². The zero-order chi connectivity index (χ0) is 29.8. The number of esters is 1. The minimum atomic E-state index is -5.10. The Kier molecular flexibility index (Phi) is 7.39. The van der Waals surface area contributed by atoms with Gasteiger partial charge in [-0.2, -0.15) is 18.2 Å². The highest BCUT2D eigenvalue weighted by Crippen LogP contribution is 2.41. The average Bonchev–Trinajstić information content (AvgIpc) is 3.69. The summed E-state index contributed by atoms with van der Waals surface area (Å²) >= 11 is 6.62. The number of aromatic amines is 1. The highest BCUT2D eigenvalue weighted by Gasteiger charge is 2.53. The number of fused-ring (bicyclic) bond motifs is 2. The fraction of sp³-hybridized carbons (Fsp3) is 0.552. The largest absolute Gasteiger partial charge is 0.490 e. The van der Waals surface area contributed by atoms with Gasteiger partial charge in [0, 0.05) is 24.3 Å². The fourth-order valence-corrected chi connectivity index (χ4v) is 6.92. The van der Waals surface area contributed by atoms with Gasteiger partial charge in [-0.05, 0) is 62.4 Å². The molecule has 0 bridgehead atoms. The Morgan fingerprint density at radius 2 is 1.67 bits per heavy atom. The molecule has 3 aromatic rings. The first kappa shape index (κ1) is 28.6. The van der Waals surface area contributed by atoms with E-state index in [4.69, 9.17) is 25.8 Å². The van der Waals surface area contributed by atoms with E-state index in [-0.39, 0.29) is 19.2 Å². The minimum absolute atomic E-state index is 0.0213. The van der Waals surface area contributed by atoms with Crippen LogP contribution in [0.3, 0.4) is 0 Å². The van der Waals surface area contributed by atoms with E-state index in [9.17, 15) is 18.0 Å². The predicted molar refractivity (Wildman–Crippen MR) is 150 cm³/mol. The average molecular weight is 622 g/mol. The maximum atomic E-state index is 12.6. The van der Waals surface area contributed by atoms with Gasteiger partial charge in [0.05, 0.1) is 29.4 Å². The molecule has 14 heteroatoms. The van der Waals surface area contributed by atoms with Gasteiger partial charge in [-0.15, -0.1) is 0 Å². The first-order chi connectivity index (χ1) is 20.7. The molecule has 0 saturated carbocycles. The zero-order valence-electron chi connectivity index (χ0n) is 23.2. The van der Waals surface area contributed by atoms with Crippen molar-refractivity contribution in [1.29, 1.82) is 0 Å². The molecule has 0 radical (unpaired) electrons. The molecule has 2 N–H and O–H groups in total. The number of piperidine rings is 2. The second-order valence-electron chi connectivity index (χ2n) is 11.7. The number of pyridine rings is 1. The van der Waals surface area contributed by atoms with E-state index in [0.29, 0.717) is 27.3 Å². The summed E-state index contributed by atoms with van der Waals surface area (Å²) in [5, 5.41) is 3.92. The molecule has 2 aromatic heterocycles. The van der Waals surface area contributed by atoms with Crippen LogP contribution in [0, 0.1) is 5.41 Å². The van der Waals surface area contributed by atoms with Crippen molar-refractivity contribution in [2.45, 2.75) is 56.3 Å². The Morgan fingerprint density at radius 3 is 2.37 bits per heavy atom. The van der Waals surface area contributed by atoms with Gasteiger partial charge in [-0.1, -0.05) is 23.7 Å². The summed E-state index contributed by atoms with van der Waals surface area (Å²) < 4.78 is 59.5. The lowest BCUT2D eigenvalue weighted by Crippen LogP contribution is -2.45. The molecule has 6 heterocycles. The molecule has 10 nitrogen and oxygen atoms in total. The highest BCUT2D eigenvalue weighted by atomic mass is 35.5. The number of carbonyl (C=O) groups is 1. The second kappa shape index (κ2) is 11.1. The summed E-state index contributed by atoms with van der Waals surface area (Å²) in [7, 11) is 0. The normalized spacial score (nSPS) is 27.0. The number of ether oxygens (including phenoxy) is 4. The highest BCUT2D eigenvalue weighted by molar-refractivity contribution is 6.33. The summed E-state index contributed by atoms with van der Waals surface area (Å²) in [5.41, 5.74) is 4.07. The van der Waals surface area contributed by atoms with Crippen LogP contribution in [0.2, 0.25) is 5.02 Å². The first-order valence-corrected chi connectivity index (χ1v) is 14.9. The molecule has 1 spiro atoms. The molecule has 0 unspecified atom stereocenters. The number of aromatic nitrogens is 3. The van der Waals surface area contributed by atoms with Crippen molar-refractivity contribution >= 4 is 34.4 Å². The van der Waals surface area contributed by atoms with Crippen LogP contribution in [0.15, 0.2) is 30.3 Å².